The van der Waals surface area contributed by atoms with Crippen LogP contribution >= 0.6 is 0 Å². The summed E-state index contributed by atoms with van der Waals surface area (Å²) in [4.78, 5) is 38.0. The molecule has 0 spiro atoms. The molecule has 1 unspecified atom stereocenters. The smallest absolute Gasteiger partial charge is 0.304 e. The Labute approximate surface area is 204 Å². The number of methoxy groups -OCH3 is 1. The number of benzene rings is 3. The van der Waals surface area contributed by atoms with Crippen molar-refractivity contribution in [2.75, 3.05) is 19.0 Å². The van der Waals surface area contributed by atoms with Crippen LogP contribution in [0.3, 0.4) is 0 Å². The molecule has 35 heavy (non-hydrogen) atoms. The maximum atomic E-state index is 13.1. The zero-order valence-electron chi connectivity index (χ0n) is 19.8. The van der Waals surface area contributed by atoms with Crippen LogP contribution in [0.1, 0.15) is 51.9 Å². The first kappa shape index (κ1) is 24.0. The number of nitrogens with zero attached hydrogens (tertiary/aromatic N) is 1. The molecule has 3 aromatic carbocycles. The Balaban J connectivity index is 1.60. The number of amides is 2. The summed E-state index contributed by atoms with van der Waals surface area (Å²) < 4.78 is 5.18. The molecule has 4 rings (SSSR count). The lowest BCUT2D eigenvalue weighted by atomic mass is 9.82. The van der Waals surface area contributed by atoms with E-state index < -0.39 is 5.97 Å². The molecule has 3 aromatic rings. The van der Waals surface area contributed by atoms with Gasteiger partial charge in [0, 0.05) is 37.2 Å². The monoisotopic (exact) mass is 472 g/mol. The van der Waals surface area contributed by atoms with Crippen LogP contribution in [0.15, 0.2) is 66.7 Å². The Bertz CT molecular complexity index is 1240. The Morgan fingerprint density at radius 3 is 2.37 bits per heavy atom. The van der Waals surface area contributed by atoms with Crippen LogP contribution in [0.25, 0.3) is 0 Å². The second kappa shape index (κ2) is 10.4. The lowest BCUT2D eigenvalue weighted by Crippen LogP contribution is -2.36. The van der Waals surface area contributed by atoms with Gasteiger partial charge in [-0.25, -0.2) is 0 Å². The minimum atomic E-state index is -0.884. The Morgan fingerprint density at radius 2 is 1.74 bits per heavy atom. The molecule has 2 N–H and O–H groups in total. The van der Waals surface area contributed by atoms with Crippen molar-refractivity contribution in [3.05, 3.63) is 94.5 Å². The number of carbonyl (C=O) groups is 3. The summed E-state index contributed by atoms with van der Waals surface area (Å²) in [5.41, 5.74) is 5.23. The van der Waals surface area contributed by atoms with Gasteiger partial charge in [-0.3, -0.25) is 14.4 Å². The lowest BCUT2D eigenvalue weighted by molar-refractivity contribution is -0.137. The molecule has 0 aliphatic carbocycles. The second-order valence-corrected chi connectivity index (χ2v) is 8.64. The summed E-state index contributed by atoms with van der Waals surface area (Å²) in [6.07, 6.45) is 0.595. The maximum Gasteiger partial charge on any atom is 0.304 e. The molecular formula is C28H28N2O5. The first-order valence-electron chi connectivity index (χ1n) is 11.5. The quantitative estimate of drug-likeness (QED) is 0.529. The van der Waals surface area contributed by atoms with Crippen LogP contribution in [0.2, 0.25) is 0 Å². The van der Waals surface area contributed by atoms with Crippen LogP contribution in [0.4, 0.5) is 5.69 Å². The van der Waals surface area contributed by atoms with Gasteiger partial charge < -0.3 is 20.1 Å². The standard InChI is InChI=1S/C28H28N2O5/c1-18(31)29-22-10-6-19(7-11-22)26(16-27(32)33)25-5-3-4-21-17-30(15-14-24(21)25)28(34)20-8-12-23(35-2)13-9-20/h3-13,26H,14-17H2,1-2H3,(H,29,31)(H,32,33). The van der Waals surface area contributed by atoms with Crippen molar-refractivity contribution < 1.29 is 24.2 Å². The van der Waals surface area contributed by atoms with Crippen molar-refractivity contribution in [3.8, 4) is 5.75 Å². The van der Waals surface area contributed by atoms with Crippen LogP contribution in [0.5, 0.6) is 5.75 Å². The maximum absolute atomic E-state index is 13.1. The average molecular weight is 473 g/mol. The number of hydrogen-bond acceptors (Lipinski definition) is 4. The molecule has 0 fully saturated rings. The summed E-state index contributed by atoms with van der Waals surface area (Å²) in [6, 6.07) is 20.3. The molecule has 1 aliphatic rings. The highest BCUT2D eigenvalue weighted by atomic mass is 16.5. The highest BCUT2D eigenvalue weighted by Gasteiger charge is 2.27. The van der Waals surface area contributed by atoms with Gasteiger partial charge in [-0.15, -0.1) is 0 Å². The molecule has 7 nitrogen and oxygen atoms in total. The zero-order valence-corrected chi connectivity index (χ0v) is 19.8. The van der Waals surface area contributed by atoms with Crippen molar-refractivity contribution in [2.45, 2.75) is 32.2 Å². The van der Waals surface area contributed by atoms with E-state index in [1.807, 2.05) is 35.2 Å². The topological polar surface area (TPSA) is 95.9 Å². The molecule has 0 saturated heterocycles. The number of carboxylic acids is 1. The van der Waals surface area contributed by atoms with Gasteiger partial charge in [0.1, 0.15) is 5.75 Å². The summed E-state index contributed by atoms with van der Waals surface area (Å²) >= 11 is 0. The SMILES string of the molecule is COc1ccc(C(=O)N2CCc3c(cccc3C(CC(=O)O)c3ccc(NC(C)=O)cc3)C2)cc1. The highest BCUT2D eigenvalue weighted by molar-refractivity contribution is 5.94. The fourth-order valence-electron chi connectivity index (χ4n) is 4.64. The van der Waals surface area contributed by atoms with Crippen molar-refractivity contribution in [2.24, 2.45) is 0 Å². The normalized spacial score (nSPS) is 13.5. The minimum absolute atomic E-state index is 0.0423. The fraction of sp³-hybridized carbons (Fsp3) is 0.250. The van der Waals surface area contributed by atoms with Crippen molar-refractivity contribution >= 4 is 23.5 Å². The Hall–Kier alpha value is -4.13. The van der Waals surface area contributed by atoms with E-state index in [0.29, 0.717) is 36.5 Å². The van der Waals surface area contributed by atoms with Crippen molar-refractivity contribution in [1.29, 1.82) is 0 Å². The van der Waals surface area contributed by atoms with E-state index in [4.69, 9.17) is 4.74 Å². The van der Waals surface area contributed by atoms with Crippen LogP contribution < -0.4 is 10.1 Å². The Kier molecular flexibility index (Phi) is 7.15. The van der Waals surface area contributed by atoms with Gasteiger partial charge in [0.15, 0.2) is 0 Å². The average Bonchev–Trinajstić information content (AvgIpc) is 2.86. The zero-order chi connectivity index (χ0) is 24.9. The van der Waals surface area contributed by atoms with Gasteiger partial charge in [0.05, 0.1) is 13.5 Å². The van der Waals surface area contributed by atoms with Crippen LogP contribution in [0, 0.1) is 0 Å². The van der Waals surface area contributed by atoms with E-state index in [1.54, 1.807) is 43.5 Å². The number of aliphatic carboxylic acids is 1. The molecule has 0 bridgehead atoms. The predicted molar refractivity (Wildman–Crippen MR) is 133 cm³/mol. The molecule has 1 atom stereocenters. The van der Waals surface area contributed by atoms with Crippen LogP contribution in [-0.4, -0.2) is 41.4 Å². The summed E-state index contributed by atoms with van der Waals surface area (Å²) in [5.74, 6) is -0.724. The second-order valence-electron chi connectivity index (χ2n) is 8.64. The van der Waals surface area contributed by atoms with E-state index >= 15 is 0 Å². The summed E-state index contributed by atoms with van der Waals surface area (Å²) in [6.45, 7) is 2.46. The molecule has 0 radical (unpaired) electrons. The minimum Gasteiger partial charge on any atom is -0.497 e. The molecule has 7 heteroatoms. The van der Waals surface area contributed by atoms with Crippen LogP contribution in [-0.2, 0) is 22.6 Å². The number of rotatable bonds is 7. The number of ether oxygens (including phenoxy) is 1. The lowest BCUT2D eigenvalue weighted by Gasteiger charge is -2.32. The first-order valence-corrected chi connectivity index (χ1v) is 11.5. The van der Waals surface area contributed by atoms with E-state index in [2.05, 4.69) is 5.32 Å². The number of hydrogen-bond donors (Lipinski definition) is 2. The molecule has 2 amide bonds. The number of carbonyl (C=O) groups excluding carboxylic acids is 2. The van der Waals surface area contributed by atoms with Gasteiger partial charge in [-0.05, 0) is 65.1 Å². The molecule has 1 aliphatic heterocycles. The molecular weight excluding hydrogens is 444 g/mol. The predicted octanol–water partition coefficient (Wildman–Crippen LogP) is 4.46. The fourth-order valence-corrected chi connectivity index (χ4v) is 4.64. The van der Waals surface area contributed by atoms with Gasteiger partial charge in [0.25, 0.3) is 5.91 Å². The number of anilines is 1. The number of nitrogens with one attached hydrogen (secondary N) is 1. The van der Waals surface area contributed by atoms with E-state index in [9.17, 15) is 19.5 Å². The molecule has 1 heterocycles. The van der Waals surface area contributed by atoms with Gasteiger partial charge in [-0.2, -0.15) is 0 Å². The van der Waals surface area contributed by atoms with E-state index in [1.165, 1.54) is 6.92 Å². The van der Waals surface area contributed by atoms with E-state index in [-0.39, 0.29) is 24.2 Å². The molecule has 180 valence electrons. The molecule has 0 aromatic heterocycles. The van der Waals surface area contributed by atoms with Crippen molar-refractivity contribution in [3.63, 3.8) is 0 Å². The Morgan fingerprint density at radius 1 is 1.03 bits per heavy atom. The molecule has 0 saturated carbocycles. The van der Waals surface area contributed by atoms with Gasteiger partial charge >= 0.3 is 5.97 Å². The highest BCUT2D eigenvalue weighted by Crippen LogP contribution is 2.35. The number of fused-ring (bicyclic) bond motifs is 1. The summed E-state index contributed by atoms with van der Waals surface area (Å²) in [7, 11) is 1.59. The van der Waals surface area contributed by atoms with Crippen molar-refractivity contribution in [1.82, 2.24) is 4.90 Å². The van der Waals surface area contributed by atoms with Gasteiger partial charge in [-0.1, -0.05) is 30.3 Å². The number of carboxylic acid groups (broad SMARTS) is 1. The first-order chi connectivity index (χ1) is 16.9. The third-order valence-corrected chi connectivity index (χ3v) is 6.31. The third-order valence-electron chi connectivity index (χ3n) is 6.31. The largest absolute Gasteiger partial charge is 0.497 e. The van der Waals surface area contributed by atoms with Gasteiger partial charge in [0.2, 0.25) is 5.91 Å². The third kappa shape index (κ3) is 5.51. The summed E-state index contributed by atoms with van der Waals surface area (Å²) in [5, 5.41) is 12.4. The van der Waals surface area contributed by atoms with E-state index in [0.717, 1.165) is 22.3 Å².